The monoisotopic (exact) mass is 359 g/mol. The Morgan fingerprint density at radius 1 is 1.12 bits per heavy atom. The molecule has 0 radical (unpaired) electrons. The lowest BCUT2D eigenvalue weighted by Crippen LogP contribution is -2.17. The third-order valence-corrected chi connectivity index (χ3v) is 5.43. The van der Waals surface area contributed by atoms with Gasteiger partial charge in [-0.25, -0.2) is 0 Å². The van der Waals surface area contributed by atoms with Gasteiger partial charge in [0.15, 0.2) is 0 Å². The molecule has 2 aromatic carbocycles. The maximum Gasteiger partial charge on any atom is 0.340 e. The van der Waals surface area contributed by atoms with Crippen molar-refractivity contribution in [3.8, 4) is 17.6 Å². The number of rotatable bonds is 7. The molecular formula is C18H17NO5S. The van der Waals surface area contributed by atoms with Crippen LogP contribution >= 0.6 is 0 Å². The quantitative estimate of drug-likeness (QED) is 0.763. The van der Waals surface area contributed by atoms with Crippen LogP contribution in [0, 0.1) is 16.7 Å². The van der Waals surface area contributed by atoms with Crippen LogP contribution in [-0.2, 0) is 10.1 Å². The van der Waals surface area contributed by atoms with Crippen LogP contribution in [0.5, 0.6) is 11.5 Å². The molecule has 130 valence electrons. The highest BCUT2D eigenvalue weighted by atomic mass is 32.2. The number of nitriles is 1. The van der Waals surface area contributed by atoms with E-state index in [4.69, 9.17) is 14.2 Å². The maximum atomic E-state index is 12.4. The molecule has 3 rings (SSSR count). The van der Waals surface area contributed by atoms with Crippen molar-refractivity contribution in [2.45, 2.75) is 17.7 Å². The van der Waals surface area contributed by atoms with Crippen LogP contribution in [0.4, 0.5) is 0 Å². The molecule has 1 aliphatic rings. The second-order valence-corrected chi connectivity index (χ2v) is 7.58. The summed E-state index contributed by atoms with van der Waals surface area (Å²) >= 11 is 0. The van der Waals surface area contributed by atoms with E-state index in [2.05, 4.69) is 0 Å². The minimum atomic E-state index is -4.13. The smallest absolute Gasteiger partial charge is 0.340 e. The molecule has 0 spiro atoms. The Morgan fingerprint density at radius 3 is 2.52 bits per heavy atom. The summed E-state index contributed by atoms with van der Waals surface area (Å²) in [6.07, 6.45) is 1.83. The zero-order valence-corrected chi connectivity index (χ0v) is 14.2. The first-order valence-electron chi connectivity index (χ1n) is 7.75. The molecule has 1 fully saturated rings. The van der Waals surface area contributed by atoms with Crippen LogP contribution in [0.2, 0.25) is 0 Å². The van der Waals surface area contributed by atoms with Gasteiger partial charge in [0, 0.05) is 11.5 Å². The molecule has 7 heteroatoms. The van der Waals surface area contributed by atoms with Gasteiger partial charge in [-0.05, 0) is 37.1 Å². The summed E-state index contributed by atoms with van der Waals surface area (Å²) in [6, 6.07) is 14.0. The first kappa shape index (κ1) is 17.3. The summed E-state index contributed by atoms with van der Waals surface area (Å²) in [5.41, 5.74) is -0.150. The van der Waals surface area contributed by atoms with Gasteiger partial charge in [0.25, 0.3) is 0 Å². The van der Waals surface area contributed by atoms with Crippen LogP contribution in [-0.4, -0.2) is 26.7 Å². The van der Waals surface area contributed by atoms with Crippen molar-refractivity contribution in [3.05, 3.63) is 54.1 Å². The topological polar surface area (TPSA) is 96.6 Å². The normalized spacial score (nSPS) is 15.2. The van der Waals surface area contributed by atoms with Crippen LogP contribution < -0.4 is 8.92 Å². The Bertz CT molecular complexity index is 913. The van der Waals surface area contributed by atoms with E-state index < -0.39 is 10.1 Å². The molecule has 25 heavy (non-hydrogen) atoms. The van der Waals surface area contributed by atoms with Crippen molar-refractivity contribution < 1.29 is 22.4 Å². The van der Waals surface area contributed by atoms with E-state index in [0.29, 0.717) is 12.4 Å². The summed E-state index contributed by atoms with van der Waals surface area (Å²) in [4.78, 5) is -0.180. The molecule has 1 N–H and O–H groups in total. The van der Waals surface area contributed by atoms with Gasteiger partial charge in [0.1, 0.15) is 22.5 Å². The predicted molar refractivity (Wildman–Crippen MR) is 89.7 cm³/mol. The number of benzene rings is 2. The molecule has 0 aromatic heterocycles. The van der Waals surface area contributed by atoms with Crippen LogP contribution in [0.3, 0.4) is 0 Å². The van der Waals surface area contributed by atoms with E-state index >= 15 is 0 Å². The summed E-state index contributed by atoms with van der Waals surface area (Å²) in [5, 5.41) is 18.4. The number of aliphatic hydroxyl groups is 1. The second-order valence-electron chi connectivity index (χ2n) is 6.07. The summed E-state index contributed by atoms with van der Waals surface area (Å²) in [7, 11) is -4.13. The van der Waals surface area contributed by atoms with Crippen molar-refractivity contribution in [1.82, 2.24) is 0 Å². The molecule has 1 aliphatic carbocycles. The Kier molecular flexibility index (Phi) is 4.66. The molecule has 0 heterocycles. The third-order valence-electron chi connectivity index (χ3n) is 4.13. The first-order chi connectivity index (χ1) is 12.0. The summed E-state index contributed by atoms with van der Waals surface area (Å²) in [6.45, 7) is 0.444. The van der Waals surface area contributed by atoms with Crippen molar-refractivity contribution in [3.63, 3.8) is 0 Å². The van der Waals surface area contributed by atoms with E-state index in [1.807, 2.05) is 6.07 Å². The lowest BCUT2D eigenvalue weighted by atomic mass is 10.1. The number of nitrogens with zero attached hydrogens (tertiary/aromatic N) is 1. The minimum absolute atomic E-state index is 0.0218. The van der Waals surface area contributed by atoms with Gasteiger partial charge in [-0.15, -0.1) is 0 Å². The molecule has 0 saturated heterocycles. The molecule has 0 amide bonds. The maximum absolute atomic E-state index is 12.4. The first-order valence-corrected chi connectivity index (χ1v) is 9.16. The largest absolute Gasteiger partial charge is 0.493 e. The van der Waals surface area contributed by atoms with Crippen molar-refractivity contribution in [2.24, 2.45) is 5.41 Å². The van der Waals surface area contributed by atoms with Crippen molar-refractivity contribution in [2.75, 3.05) is 13.2 Å². The Balaban J connectivity index is 1.76. The zero-order valence-electron chi connectivity index (χ0n) is 13.4. The molecule has 0 atom stereocenters. The molecular weight excluding hydrogens is 342 g/mol. The SMILES string of the molecule is N#Cc1ccccc1S(=O)(=O)Oc1cccc(OCC2(CO)CC2)c1. The van der Waals surface area contributed by atoms with E-state index in [9.17, 15) is 13.5 Å². The molecule has 0 unspecified atom stereocenters. The van der Waals surface area contributed by atoms with E-state index in [-0.39, 0.29) is 28.2 Å². The van der Waals surface area contributed by atoms with Gasteiger partial charge in [0.05, 0.1) is 18.8 Å². The van der Waals surface area contributed by atoms with Crippen LogP contribution in [0.15, 0.2) is 53.4 Å². The number of hydrogen-bond acceptors (Lipinski definition) is 6. The Morgan fingerprint density at radius 2 is 1.84 bits per heavy atom. The van der Waals surface area contributed by atoms with E-state index in [0.717, 1.165) is 12.8 Å². The van der Waals surface area contributed by atoms with Crippen molar-refractivity contribution >= 4 is 10.1 Å². The lowest BCUT2D eigenvalue weighted by molar-refractivity contribution is 0.146. The Hall–Kier alpha value is -2.56. The van der Waals surface area contributed by atoms with Gasteiger partial charge in [-0.3, -0.25) is 0 Å². The fourth-order valence-corrected chi connectivity index (χ4v) is 3.40. The molecule has 2 aromatic rings. The fourth-order valence-electron chi connectivity index (χ4n) is 2.33. The fraction of sp³-hybridized carbons (Fsp3) is 0.278. The van der Waals surface area contributed by atoms with E-state index in [1.165, 1.54) is 30.3 Å². The minimum Gasteiger partial charge on any atom is -0.493 e. The zero-order chi connectivity index (χ0) is 17.9. The number of ether oxygens (including phenoxy) is 1. The number of aliphatic hydroxyl groups excluding tert-OH is 1. The highest BCUT2D eigenvalue weighted by Crippen LogP contribution is 2.45. The molecule has 1 saturated carbocycles. The summed E-state index contributed by atoms with van der Waals surface area (Å²) in [5.74, 6) is 0.556. The summed E-state index contributed by atoms with van der Waals surface area (Å²) < 4.78 is 35.6. The highest BCUT2D eigenvalue weighted by molar-refractivity contribution is 7.87. The van der Waals surface area contributed by atoms with Crippen LogP contribution in [0.25, 0.3) is 0 Å². The average Bonchev–Trinajstić information content (AvgIpc) is 3.40. The van der Waals surface area contributed by atoms with Crippen molar-refractivity contribution in [1.29, 1.82) is 5.26 Å². The van der Waals surface area contributed by atoms with Gasteiger partial charge in [0.2, 0.25) is 0 Å². The number of hydrogen-bond donors (Lipinski definition) is 1. The third kappa shape index (κ3) is 3.92. The average molecular weight is 359 g/mol. The Labute approximate surface area is 146 Å². The van der Waals surface area contributed by atoms with Gasteiger partial charge >= 0.3 is 10.1 Å². The second kappa shape index (κ2) is 6.75. The predicted octanol–water partition coefficient (Wildman–Crippen LogP) is 2.48. The highest BCUT2D eigenvalue weighted by Gasteiger charge is 2.42. The van der Waals surface area contributed by atoms with Crippen LogP contribution in [0.1, 0.15) is 18.4 Å². The molecule has 0 aliphatic heterocycles. The van der Waals surface area contributed by atoms with Gasteiger partial charge in [-0.1, -0.05) is 18.2 Å². The van der Waals surface area contributed by atoms with E-state index in [1.54, 1.807) is 18.2 Å². The molecule has 6 nitrogen and oxygen atoms in total. The lowest BCUT2D eigenvalue weighted by Gasteiger charge is -2.14. The molecule has 0 bridgehead atoms. The van der Waals surface area contributed by atoms with Gasteiger partial charge in [-0.2, -0.15) is 13.7 Å². The standard InChI is InChI=1S/C18H17NO5S/c19-11-14-4-1-2-7-17(14)25(21,22)24-16-6-3-5-15(10-16)23-13-18(12-20)8-9-18/h1-7,10,20H,8-9,12-13H2. The van der Waals surface area contributed by atoms with Gasteiger partial charge < -0.3 is 14.0 Å².